The van der Waals surface area contributed by atoms with Crippen molar-refractivity contribution in [2.45, 2.75) is 50.6 Å². The second-order valence-corrected chi connectivity index (χ2v) is 6.76. The van der Waals surface area contributed by atoms with Crippen LogP contribution in [0.1, 0.15) is 41.3 Å². The summed E-state index contributed by atoms with van der Waals surface area (Å²) in [5.74, 6) is 0. The number of hydrogen-bond acceptors (Lipinski definition) is 1. The molecule has 0 spiro atoms. The molecule has 0 bridgehead atoms. The van der Waals surface area contributed by atoms with Crippen LogP contribution in [0.4, 0.5) is 0 Å². The Morgan fingerprint density at radius 3 is 2.53 bits per heavy atom. The van der Waals surface area contributed by atoms with Gasteiger partial charge in [-0.2, -0.15) is 0 Å². The van der Waals surface area contributed by atoms with E-state index in [1.54, 1.807) is 0 Å². The SMILES string of the molecule is Cc1cc(C(Br)C2CCC(C)O2)c(C)cc1Br. The zero-order valence-electron chi connectivity index (χ0n) is 10.5. The highest BCUT2D eigenvalue weighted by molar-refractivity contribution is 9.10. The minimum absolute atomic E-state index is 0.305. The van der Waals surface area contributed by atoms with Crippen molar-refractivity contribution in [2.75, 3.05) is 0 Å². The van der Waals surface area contributed by atoms with Crippen LogP contribution in [-0.4, -0.2) is 12.2 Å². The molecular formula is C14H18Br2O. The first-order valence-electron chi connectivity index (χ1n) is 6.05. The minimum atomic E-state index is 0.305. The normalized spacial score (nSPS) is 26.2. The Morgan fingerprint density at radius 1 is 1.24 bits per heavy atom. The summed E-state index contributed by atoms with van der Waals surface area (Å²) >= 11 is 7.39. The number of aryl methyl sites for hydroxylation is 2. The van der Waals surface area contributed by atoms with Crippen LogP contribution in [0.15, 0.2) is 16.6 Å². The number of halogens is 2. The van der Waals surface area contributed by atoms with E-state index in [4.69, 9.17) is 4.74 Å². The van der Waals surface area contributed by atoms with Gasteiger partial charge < -0.3 is 4.74 Å². The molecule has 1 fully saturated rings. The van der Waals surface area contributed by atoms with Crippen molar-refractivity contribution in [3.05, 3.63) is 33.3 Å². The predicted molar refractivity (Wildman–Crippen MR) is 78.9 cm³/mol. The summed E-state index contributed by atoms with van der Waals surface area (Å²) in [4.78, 5) is 0.305. The van der Waals surface area contributed by atoms with Crippen LogP contribution in [0.25, 0.3) is 0 Å². The Hall–Kier alpha value is 0.140. The Balaban J connectivity index is 2.24. The van der Waals surface area contributed by atoms with Crippen molar-refractivity contribution in [1.82, 2.24) is 0 Å². The van der Waals surface area contributed by atoms with Gasteiger partial charge in [-0.3, -0.25) is 0 Å². The smallest absolute Gasteiger partial charge is 0.0745 e. The number of benzene rings is 1. The summed E-state index contributed by atoms with van der Waals surface area (Å²) in [6, 6.07) is 4.45. The van der Waals surface area contributed by atoms with Gasteiger partial charge in [0.1, 0.15) is 0 Å². The molecule has 1 aromatic rings. The largest absolute Gasteiger partial charge is 0.374 e. The van der Waals surface area contributed by atoms with Crippen molar-refractivity contribution in [2.24, 2.45) is 0 Å². The molecule has 3 heteroatoms. The molecule has 1 aliphatic heterocycles. The highest BCUT2D eigenvalue weighted by atomic mass is 79.9. The molecule has 0 N–H and O–H groups in total. The van der Waals surface area contributed by atoms with Gasteiger partial charge in [0.05, 0.1) is 17.0 Å². The third-order valence-electron chi connectivity index (χ3n) is 3.44. The highest BCUT2D eigenvalue weighted by Gasteiger charge is 2.29. The number of alkyl halides is 1. The predicted octanol–water partition coefficient (Wildman–Crippen LogP) is 5.07. The van der Waals surface area contributed by atoms with E-state index < -0.39 is 0 Å². The third-order valence-corrected chi connectivity index (χ3v) is 5.37. The Morgan fingerprint density at radius 2 is 1.94 bits per heavy atom. The summed E-state index contributed by atoms with van der Waals surface area (Å²) in [6.07, 6.45) is 3.02. The van der Waals surface area contributed by atoms with Gasteiger partial charge in [0, 0.05) is 4.47 Å². The molecule has 0 saturated carbocycles. The minimum Gasteiger partial charge on any atom is -0.374 e. The van der Waals surface area contributed by atoms with E-state index in [0.717, 1.165) is 6.42 Å². The number of rotatable bonds is 2. The van der Waals surface area contributed by atoms with E-state index in [2.05, 4.69) is 64.8 Å². The van der Waals surface area contributed by atoms with Crippen molar-refractivity contribution < 1.29 is 4.74 Å². The van der Waals surface area contributed by atoms with Crippen molar-refractivity contribution in [3.8, 4) is 0 Å². The molecule has 3 atom stereocenters. The van der Waals surface area contributed by atoms with Crippen LogP contribution in [-0.2, 0) is 4.74 Å². The maximum atomic E-state index is 5.94. The first kappa shape index (κ1) is 13.6. The van der Waals surface area contributed by atoms with Gasteiger partial charge in [-0.05, 0) is 56.4 Å². The zero-order chi connectivity index (χ0) is 12.6. The maximum Gasteiger partial charge on any atom is 0.0745 e. The van der Waals surface area contributed by atoms with E-state index in [-0.39, 0.29) is 0 Å². The molecule has 1 nitrogen and oxygen atoms in total. The summed E-state index contributed by atoms with van der Waals surface area (Å²) in [5, 5.41) is 0. The molecule has 1 heterocycles. The molecular weight excluding hydrogens is 344 g/mol. The molecule has 0 radical (unpaired) electrons. The Kier molecular flexibility index (Phi) is 4.32. The Labute approximate surface area is 120 Å². The zero-order valence-corrected chi connectivity index (χ0v) is 13.6. The molecule has 0 aromatic heterocycles. The molecule has 1 saturated heterocycles. The van der Waals surface area contributed by atoms with Crippen molar-refractivity contribution >= 4 is 31.9 Å². The lowest BCUT2D eigenvalue weighted by atomic mass is 9.99. The van der Waals surface area contributed by atoms with Gasteiger partial charge in [0.25, 0.3) is 0 Å². The summed E-state index contributed by atoms with van der Waals surface area (Å²) in [5.41, 5.74) is 3.94. The lowest BCUT2D eigenvalue weighted by Gasteiger charge is -2.21. The molecule has 2 rings (SSSR count). The fraction of sp³-hybridized carbons (Fsp3) is 0.571. The molecule has 0 aliphatic carbocycles. The second kappa shape index (κ2) is 5.41. The van der Waals surface area contributed by atoms with Gasteiger partial charge in [-0.15, -0.1) is 0 Å². The van der Waals surface area contributed by atoms with Crippen LogP contribution in [0.5, 0.6) is 0 Å². The number of ether oxygens (including phenoxy) is 1. The van der Waals surface area contributed by atoms with Crippen LogP contribution in [0, 0.1) is 13.8 Å². The maximum absolute atomic E-state index is 5.94. The molecule has 0 amide bonds. The third kappa shape index (κ3) is 2.94. The lowest BCUT2D eigenvalue weighted by molar-refractivity contribution is 0.0556. The molecule has 1 aliphatic rings. The average Bonchev–Trinajstić information content (AvgIpc) is 2.69. The topological polar surface area (TPSA) is 9.23 Å². The summed E-state index contributed by atoms with van der Waals surface area (Å²) in [6.45, 7) is 6.44. The Bertz CT molecular complexity index is 417. The van der Waals surface area contributed by atoms with Gasteiger partial charge in [-0.1, -0.05) is 37.9 Å². The summed E-state index contributed by atoms with van der Waals surface area (Å²) < 4.78 is 7.12. The first-order chi connectivity index (χ1) is 7.99. The quantitative estimate of drug-likeness (QED) is 0.668. The standard InChI is InChI=1S/C14H18Br2O/c1-8-7-12(15)9(2)6-11(8)14(16)13-5-4-10(3)17-13/h6-7,10,13-14H,4-5H2,1-3H3. The lowest BCUT2D eigenvalue weighted by Crippen LogP contribution is -2.15. The monoisotopic (exact) mass is 360 g/mol. The van der Waals surface area contributed by atoms with Crippen molar-refractivity contribution in [1.29, 1.82) is 0 Å². The fourth-order valence-electron chi connectivity index (χ4n) is 2.35. The summed E-state index contributed by atoms with van der Waals surface area (Å²) in [7, 11) is 0. The molecule has 17 heavy (non-hydrogen) atoms. The van der Waals surface area contributed by atoms with Gasteiger partial charge in [-0.25, -0.2) is 0 Å². The van der Waals surface area contributed by atoms with E-state index in [9.17, 15) is 0 Å². The van der Waals surface area contributed by atoms with Gasteiger partial charge >= 0.3 is 0 Å². The fourth-order valence-corrected chi connectivity index (χ4v) is 3.69. The number of hydrogen-bond donors (Lipinski definition) is 0. The van der Waals surface area contributed by atoms with E-state index >= 15 is 0 Å². The van der Waals surface area contributed by atoms with Crippen LogP contribution < -0.4 is 0 Å². The van der Waals surface area contributed by atoms with Gasteiger partial charge in [0.15, 0.2) is 0 Å². The van der Waals surface area contributed by atoms with E-state index in [1.807, 2.05) is 0 Å². The van der Waals surface area contributed by atoms with Crippen LogP contribution >= 0.6 is 31.9 Å². The van der Waals surface area contributed by atoms with E-state index in [0.29, 0.717) is 17.0 Å². The average molecular weight is 362 g/mol. The second-order valence-electron chi connectivity index (χ2n) is 4.92. The first-order valence-corrected chi connectivity index (χ1v) is 7.76. The molecule has 3 unspecified atom stereocenters. The van der Waals surface area contributed by atoms with Crippen LogP contribution in [0.3, 0.4) is 0 Å². The van der Waals surface area contributed by atoms with Crippen LogP contribution in [0.2, 0.25) is 0 Å². The molecule has 94 valence electrons. The van der Waals surface area contributed by atoms with Crippen molar-refractivity contribution in [3.63, 3.8) is 0 Å². The van der Waals surface area contributed by atoms with E-state index in [1.165, 1.54) is 27.6 Å². The van der Waals surface area contributed by atoms with Gasteiger partial charge in [0.2, 0.25) is 0 Å². The highest BCUT2D eigenvalue weighted by Crippen LogP contribution is 2.38. The molecule has 1 aromatic carbocycles.